The topological polar surface area (TPSA) is 95.2 Å². The number of hydrogen-bond donors (Lipinski definition) is 2. The molecule has 0 saturated carbocycles. The number of para-hydroxylation sites is 1. The second-order valence-electron chi connectivity index (χ2n) is 5.70. The molecule has 0 saturated heterocycles. The maximum Gasteiger partial charge on any atom is 0.243 e. The van der Waals surface area contributed by atoms with E-state index in [-0.39, 0.29) is 5.91 Å². The van der Waals surface area contributed by atoms with Crippen molar-refractivity contribution in [2.24, 2.45) is 0 Å². The molecule has 24 heavy (non-hydrogen) atoms. The van der Waals surface area contributed by atoms with Crippen molar-refractivity contribution in [2.45, 2.75) is 33.4 Å². The van der Waals surface area contributed by atoms with Gasteiger partial charge < -0.3 is 5.32 Å². The van der Waals surface area contributed by atoms with Crippen LogP contribution in [-0.4, -0.2) is 36.8 Å². The standard InChI is InChI=1S/C16H22N4O3S/c1-11-15(12(2)19-18-11)10-17-16(21)13(3)20(24(4,22)23)14-8-6-5-7-9-14/h5-9,13H,10H2,1-4H3,(H,17,21)(H,18,19)/t13-/m0/s1. The fourth-order valence-electron chi connectivity index (χ4n) is 2.54. The zero-order chi connectivity index (χ0) is 17.9. The molecule has 0 bridgehead atoms. The minimum atomic E-state index is -3.60. The van der Waals surface area contributed by atoms with E-state index in [1.807, 2.05) is 13.8 Å². The number of aryl methyl sites for hydroxylation is 2. The molecule has 0 fully saturated rings. The Morgan fingerprint density at radius 2 is 1.92 bits per heavy atom. The molecule has 130 valence electrons. The van der Waals surface area contributed by atoms with Gasteiger partial charge in [0.25, 0.3) is 0 Å². The number of nitrogens with one attached hydrogen (secondary N) is 2. The Balaban J connectivity index is 2.18. The van der Waals surface area contributed by atoms with Gasteiger partial charge in [-0.15, -0.1) is 0 Å². The Morgan fingerprint density at radius 3 is 2.42 bits per heavy atom. The second kappa shape index (κ2) is 7.04. The van der Waals surface area contributed by atoms with Gasteiger partial charge in [0.15, 0.2) is 0 Å². The molecular weight excluding hydrogens is 328 g/mol. The van der Waals surface area contributed by atoms with Gasteiger partial charge >= 0.3 is 0 Å². The fourth-order valence-corrected chi connectivity index (χ4v) is 3.72. The number of carbonyl (C=O) groups is 1. The average molecular weight is 350 g/mol. The zero-order valence-electron chi connectivity index (χ0n) is 14.2. The number of rotatable bonds is 6. The van der Waals surface area contributed by atoms with E-state index in [4.69, 9.17) is 0 Å². The first-order valence-electron chi connectivity index (χ1n) is 7.54. The van der Waals surface area contributed by atoms with Crippen LogP contribution in [0.15, 0.2) is 30.3 Å². The summed E-state index contributed by atoms with van der Waals surface area (Å²) in [5.74, 6) is -0.371. The minimum Gasteiger partial charge on any atom is -0.350 e. The summed E-state index contributed by atoms with van der Waals surface area (Å²) in [4.78, 5) is 12.5. The fraction of sp³-hybridized carbons (Fsp3) is 0.375. The van der Waals surface area contributed by atoms with E-state index in [0.717, 1.165) is 27.5 Å². The monoisotopic (exact) mass is 350 g/mol. The van der Waals surface area contributed by atoms with Crippen LogP contribution in [0.3, 0.4) is 0 Å². The summed E-state index contributed by atoms with van der Waals surface area (Å²) in [6.45, 7) is 5.58. The van der Waals surface area contributed by atoms with Crippen molar-refractivity contribution in [1.29, 1.82) is 0 Å². The lowest BCUT2D eigenvalue weighted by atomic mass is 10.2. The van der Waals surface area contributed by atoms with E-state index in [9.17, 15) is 13.2 Å². The third kappa shape index (κ3) is 3.94. The Labute approximate surface area is 142 Å². The van der Waals surface area contributed by atoms with E-state index in [2.05, 4.69) is 15.5 Å². The van der Waals surface area contributed by atoms with Gasteiger partial charge in [0.2, 0.25) is 15.9 Å². The van der Waals surface area contributed by atoms with Gasteiger partial charge in [-0.3, -0.25) is 14.2 Å². The van der Waals surface area contributed by atoms with E-state index >= 15 is 0 Å². The van der Waals surface area contributed by atoms with Crippen molar-refractivity contribution in [2.75, 3.05) is 10.6 Å². The smallest absolute Gasteiger partial charge is 0.243 e. The van der Waals surface area contributed by atoms with Gasteiger partial charge in [-0.05, 0) is 32.9 Å². The number of nitrogens with zero attached hydrogens (tertiary/aromatic N) is 2. The van der Waals surface area contributed by atoms with Crippen LogP contribution in [0.2, 0.25) is 0 Å². The molecule has 1 heterocycles. The summed E-state index contributed by atoms with van der Waals surface area (Å²) in [5, 5.41) is 9.72. The van der Waals surface area contributed by atoms with Crippen LogP contribution in [0.4, 0.5) is 5.69 Å². The summed E-state index contributed by atoms with van der Waals surface area (Å²) in [5.41, 5.74) is 3.05. The number of aromatic amines is 1. The summed E-state index contributed by atoms with van der Waals surface area (Å²) in [6.07, 6.45) is 1.09. The van der Waals surface area contributed by atoms with Crippen LogP contribution in [-0.2, 0) is 21.4 Å². The molecule has 2 rings (SSSR count). The Bertz CT molecular complexity index is 796. The third-order valence-electron chi connectivity index (χ3n) is 3.82. The van der Waals surface area contributed by atoms with E-state index in [1.165, 1.54) is 0 Å². The second-order valence-corrected chi connectivity index (χ2v) is 7.56. The summed E-state index contributed by atoms with van der Waals surface area (Å²) < 4.78 is 25.4. The first-order valence-corrected chi connectivity index (χ1v) is 9.39. The molecule has 1 aromatic heterocycles. The van der Waals surface area contributed by atoms with Crippen LogP contribution in [0, 0.1) is 13.8 Å². The molecule has 1 amide bonds. The van der Waals surface area contributed by atoms with Crippen molar-refractivity contribution < 1.29 is 13.2 Å². The molecule has 2 N–H and O–H groups in total. The number of amides is 1. The Kier molecular flexibility index (Phi) is 5.28. The third-order valence-corrected chi connectivity index (χ3v) is 5.06. The van der Waals surface area contributed by atoms with Crippen LogP contribution in [0.25, 0.3) is 0 Å². The lowest BCUT2D eigenvalue weighted by Crippen LogP contribution is -2.47. The molecule has 0 aliphatic rings. The quantitative estimate of drug-likeness (QED) is 0.825. The normalized spacial score (nSPS) is 12.7. The number of anilines is 1. The molecule has 2 aromatic rings. The zero-order valence-corrected chi connectivity index (χ0v) is 15.0. The molecule has 0 aliphatic carbocycles. The highest BCUT2D eigenvalue weighted by molar-refractivity contribution is 7.92. The van der Waals surface area contributed by atoms with Gasteiger partial charge in [0.05, 0.1) is 17.6 Å². The van der Waals surface area contributed by atoms with E-state index in [1.54, 1.807) is 37.3 Å². The number of H-pyrrole nitrogens is 1. The highest BCUT2D eigenvalue weighted by Crippen LogP contribution is 2.20. The van der Waals surface area contributed by atoms with Crippen LogP contribution < -0.4 is 9.62 Å². The van der Waals surface area contributed by atoms with E-state index < -0.39 is 16.1 Å². The van der Waals surface area contributed by atoms with Gasteiger partial charge in [0, 0.05) is 17.8 Å². The van der Waals surface area contributed by atoms with Crippen LogP contribution in [0.5, 0.6) is 0 Å². The predicted octanol–water partition coefficient (Wildman–Crippen LogP) is 1.50. The van der Waals surface area contributed by atoms with Crippen LogP contribution in [0.1, 0.15) is 23.9 Å². The molecule has 0 radical (unpaired) electrons. The molecule has 1 atom stereocenters. The SMILES string of the molecule is Cc1n[nH]c(C)c1CNC(=O)[C@H](C)N(c1ccccc1)S(C)(=O)=O. The molecule has 0 spiro atoms. The molecular formula is C16H22N4O3S. The summed E-state index contributed by atoms with van der Waals surface area (Å²) >= 11 is 0. The Hall–Kier alpha value is -2.35. The average Bonchev–Trinajstić information content (AvgIpc) is 2.83. The summed E-state index contributed by atoms with van der Waals surface area (Å²) in [7, 11) is -3.60. The lowest BCUT2D eigenvalue weighted by molar-refractivity contribution is -0.122. The predicted molar refractivity (Wildman–Crippen MR) is 93.1 cm³/mol. The van der Waals surface area contributed by atoms with Crippen molar-refractivity contribution in [3.63, 3.8) is 0 Å². The molecule has 7 nitrogen and oxygen atoms in total. The lowest BCUT2D eigenvalue weighted by Gasteiger charge is -2.28. The first-order chi connectivity index (χ1) is 11.2. The maximum absolute atomic E-state index is 12.5. The van der Waals surface area contributed by atoms with Crippen molar-refractivity contribution in [3.05, 3.63) is 47.3 Å². The molecule has 0 aliphatic heterocycles. The van der Waals surface area contributed by atoms with Gasteiger partial charge in [-0.2, -0.15) is 5.10 Å². The molecule has 1 aromatic carbocycles. The number of aromatic nitrogens is 2. The van der Waals surface area contributed by atoms with Crippen LogP contribution >= 0.6 is 0 Å². The minimum absolute atomic E-state index is 0.295. The van der Waals surface area contributed by atoms with Crippen molar-refractivity contribution in [3.8, 4) is 0 Å². The Morgan fingerprint density at radius 1 is 1.29 bits per heavy atom. The molecule has 0 unspecified atom stereocenters. The van der Waals surface area contributed by atoms with Gasteiger partial charge in [-0.25, -0.2) is 8.42 Å². The van der Waals surface area contributed by atoms with Crippen molar-refractivity contribution >= 4 is 21.6 Å². The number of benzene rings is 1. The van der Waals surface area contributed by atoms with E-state index in [0.29, 0.717) is 12.2 Å². The summed E-state index contributed by atoms with van der Waals surface area (Å²) in [6, 6.07) is 7.71. The van der Waals surface area contributed by atoms with Gasteiger partial charge in [-0.1, -0.05) is 18.2 Å². The number of hydrogen-bond acceptors (Lipinski definition) is 4. The highest BCUT2D eigenvalue weighted by atomic mass is 32.2. The largest absolute Gasteiger partial charge is 0.350 e. The first kappa shape index (κ1) is 18.0. The van der Waals surface area contributed by atoms with Gasteiger partial charge in [0.1, 0.15) is 6.04 Å². The highest BCUT2D eigenvalue weighted by Gasteiger charge is 2.29. The number of carbonyl (C=O) groups excluding carboxylic acids is 1. The number of sulfonamides is 1. The maximum atomic E-state index is 12.5. The molecule has 8 heteroatoms. The van der Waals surface area contributed by atoms with Crippen molar-refractivity contribution in [1.82, 2.24) is 15.5 Å².